The number of phenolic OH excluding ortho intramolecular Hbond substituents is 1. The van der Waals surface area contributed by atoms with Crippen LogP contribution in [0.15, 0.2) is 44.3 Å². The number of aryl methyl sites for hydroxylation is 1. The molecule has 2 aromatic carbocycles. The number of phenols is 1. The number of carbonyl (C=O) groups excluding carboxylic acids is 1. The zero-order chi connectivity index (χ0) is 24.5. The van der Waals surface area contributed by atoms with E-state index in [1.165, 1.54) is 43.3 Å². The average Bonchev–Trinajstić information content (AvgIpc) is 3.18. The first-order chi connectivity index (χ1) is 15.4. The summed E-state index contributed by atoms with van der Waals surface area (Å²) in [5.41, 5.74) is -2.34. The molecule has 1 unspecified atom stereocenters. The normalized spacial score (nSPS) is 12.5. The second-order valence-electron chi connectivity index (χ2n) is 7.73. The number of rotatable bonds is 8. The van der Waals surface area contributed by atoms with Gasteiger partial charge in [-0.05, 0) is 37.6 Å². The molecule has 176 valence electrons. The van der Waals surface area contributed by atoms with Gasteiger partial charge in [0.05, 0.1) is 17.3 Å². The number of anilines is 3. The van der Waals surface area contributed by atoms with Crippen LogP contribution < -0.4 is 21.5 Å². The summed E-state index contributed by atoms with van der Waals surface area (Å²) in [6.45, 7) is 1.62. The Hall–Kier alpha value is -3.76. The topological polar surface area (TPSA) is 112 Å². The van der Waals surface area contributed by atoms with E-state index in [4.69, 9.17) is 4.42 Å². The Bertz CT molecular complexity index is 1240. The third-order valence-corrected chi connectivity index (χ3v) is 4.98. The first-order valence-electron chi connectivity index (χ1n) is 9.92. The standard InChI is InChI=1S/C22H22F3N3O5/c1-11-7-8-15(33-11)13(9-10-22(23,24)25)26-16-17(20(31)19(16)30)27-14-6-4-5-12(18(14)29)21(32)28(2)3/h4-8,13,26-27,29H,9-10H2,1-3H3. The monoisotopic (exact) mass is 465 g/mol. The van der Waals surface area contributed by atoms with Crippen molar-refractivity contribution in [2.75, 3.05) is 24.7 Å². The number of benzene rings is 1. The zero-order valence-corrected chi connectivity index (χ0v) is 18.0. The predicted octanol–water partition coefficient (Wildman–Crippen LogP) is 3.83. The molecule has 1 atom stereocenters. The molecule has 33 heavy (non-hydrogen) atoms. The minimum Gasteiger partial charge on any atom is -0.505 e. The molecule has 3 aromatic rings. The lowest BCUT2D eigenvalue weighted by Crippen LogP contribution is -2.37. The summed E-state index contributed by atoms with van der Waals surface area (Å²) in [5.74, 6) is -0.276. The Labute approximate surface area is 186 Å². The van der Waals surface area contributed by atoms with Crippen molar-refractivity contribution in [2.45, 2.75) is 32.0 Å². The summed E-state index contributed by atoms with van der Waals surface area (Å²) in [5, 5.41) is 15.8. The van der Waals surface area contributed by atoms with Crippen molar-refractivity contribution in [3.8, 4) is 5.75 Å². The summed E-state index contributed by atoms with van der Waals surface area (Å²) in [6, 6.07) is 6.28. The van der Waals surface area contributed by atoms with Gasteiger partial charge in [0.2, 0.25) is 0 Å². The summed E-state index contributed by atoms with van der Waals surface area (Å²) < 4.78 is 43.9. The number of amides is 1. The van der Waals surface area contributed by atoms with E-state index in [0.29, 0.717) is 5.76 Å². The lowest BCUT2D eigenvalue weighted by Gasteiger charge is -2.22. The molecule has 0 aliphatic rings. The van der Waals surface area contributed by atoms with E-state index in [2.05, 4.69) is 10.6 Å². The molecule has 0 aliphatic heterocycles. The van der Waals surface area contributed by atoms with Crippen LogP contribution in [0.3, 0.4) is 0 Å². The number of nitrogens with zero attached hydrogens (tertiary/aromatic N) is 1. The first kappa shape index (κ1) is 23.9. The molecule has 1 heterocycles. The largest absolute Gasteiger partial charge is 0.505 e. The number of hydrogen-bond donors (Lipinski definition) is 3. The molecule has 11 heteroatoms. The van der Waals surface area contributed by atoms with E-state index in [9.17, 15) is 32.7 Å². The fourth-order valence-corrected chi connectivity index (χ4v) is 3.25. The van der Waals surface area contributed by atoms with Crippen LogP contribution >= 0.6 is 0 Å². The van der Waals surface area contributed by atoms with E-state index in [-0.39, 0.29) is 28.4 Å². The van der Waals surface area contributed by atoms with Crippen LogP contribution in [0.5, 0.6) is 5.75 Å². The lowest BCUT2D eigenvalue weighted by molar-refractivity contribution is -0.136. The molecule has 0 aliphatic carbocycles. The van der Waals surface area contributed by atoms with Crippen molar-refractivity contribution < 1.29 is 27.5 Å². The number of aromatic hydroxyl groups is 1. The molecule has 0 radical (unpaired) electrons. The van der Waals surface area contributed by atoms with Crippen LogP contribution in [-0.2, 0) is 0 Å². The minimum atomic E-state index is -4.43. The van der Waals surface area contributed by atoms with Crippen molar-refractivity contribution in [3.05, 3.63) is 67.9 Å². The van der Waals surface area contributed by atoms with Gasteiger partial charge in [-0.25, -0.2) is 0 Å². The van der Waals surface area contributed by atoms with E-state index in [1.54, 1.807) is 13.0 Å². The van der Waals surface area contributed by atoms with E-state index in [1.807, 2.05) is 0 Å². The molecule has 0 saturated heterocycles. The molecule has 1 aromatic heterocycles. The van der Waals surface area contributed by atoms with Gasteiger partial charge in [-0.1, -0.05) is 6.07 Å². The van der Waals surface area contributed by atoms with Crippen LogP contribution in [-0.4, -0.2) is 36.2 Å². The van der Waals surface area contributed by atoms with Crippen molar-refractivity contribution in [1.82, 2.24) is 4.90 Å². The SMILES string of the molecule is Cc1ccc(C(CCC(F)(F)F)Nc2c(Nc3cccc(C(=O)N(C)C)c3O)c(=O)c2=O)o1. The number of nitrogens with one attached hydrogen (secondary N) is 2. The van der Waals surface area contributed by atoms with Crippen molar-refractivity contribution in [3.63, 3.8) is 0 Å². The molecular formula is C22H22F3N3O5. The van der Waals surface area contributed by atoms with E-state index >= 15 is 0 Å². The molecule has 0 fully saturated rings. The molecule has 0 spiro atoms. The lowest BCUT2D eigenvalue weighted by atomic mass is 10.1. The number of carbonyl (C=O) groups is 1. The predicted molar refractivity (Wildman–Crippen MR) is 116 cm³/mol. The third kappa shape index (κ3) is 5.18. The van der Waals surface area contributed by atoms with Gasteiger partial charge in [0, 0.05) is 20.5 Å². The smallest absolute Gasteiger partial charge is 0.389 e. The van der Waals surface area contributed by atoms with Gasteiger partial charge < -0.3 is 25.1 Å². The third-order valence-electron chi connectivity index (χ3n) is 4.98. The Balaban J connectivity index is 1.91. The van der Waals surface area contributed by atoms with Gasteiger partial charge >= 0.3 is 6.18 Å². The Morgan fingerprint density at radius 3 is 2.36 bits per heavy atom. The maximum atomic E-state index is 12.8. The highest BCUT2D eigenvalue weighted by Crippen LogP contribution is 2.35. The maximum absolute atomic E-state index is 12.8. The number of halogens is 3. The van der Waals surface area contributed by atoms with Crippen LogP contribution in [0.25, 0.3) is 0 Å². The van der Waals surface area contributed by atoms with Gasteiger partial charge in [0.25, 0.3) is 16.8 Å². The Morgan fingerprint density at radius 2 is 1.79 bits per heavy atom. The number of para-hydroxylation sites is 1. The summed E-state index contributed by atoms with van der Waals surface area (Å²) in [4.78, 5) is 37.8. The van der Waals surface area contributed by atoms with Crippen LogP contribution in [0, 0.1) is 6.92 Å². The van der Waals surface area contributed by atoms with E-state index < -0.39 is 47.6 Å². The molecular weight excluding hydrogens is 443 g/mol. The highest BCUT2D eigenvalue weighted by atomic mass is 19.4. The van der Waals surface area contributed by atoms with E-state index in [0.717, 1.165) is 0 Å². The maximum Gasteiger partial charge on any atom is 0.389 e. The fourth-order valence-electron chi connectivity index (χ4n) is 3.25. The van der Waals surface area contributed by atoms with Gasteiger partial charge in [-0.2, -0.15) is 13.2 Å². The Kier molecular flexibility index (Phi) is 6.52. The van der Waals surface area contributed by atoms with Gasteiger partial charge in [-0.15, -0.1) is 0 Å². The molecule has 0 saturated carbocycles. The van der Waals surface area contributed by atoms with Gasteiger partial charge in [-0.3, -0.25) is 14.4 Å². The fraction of sp³-hybridized carbons (Fsp3) is 0.318. The molecule has 3 N–H and O–H groups in total. The second-order valence-corrected chi connectivity index (χ2v) is 7.73. The quantitative estimate of drug-likeness (QED) is 0.342. The number of hydrogen-bond acceptors (Lipinski definition) is 7. The van der Waals surface area contributed by atoms with Gasteiger partial charge in [0.1, 0.15) is 22.9 Å². The molecule has 3 rings (SSSR count). The summed E-state index contributed by atoms with van der Waals surface area (Å²) in [7, 11) is 3.00. The zero-order valence-electron chi connectivity index (χ0n) is 18.0. The van der Waals surface area contributed by atoms with Crippen LogP contribution in [0.4, 0.5) is 30.2 Å². The summed E-state index contributed by atoms with van der Waals surface area (Å²) >= 11 is 0. The second kappa shape index (κ2) is 9.00. The molecule has 0 bridgehead atoms. The first-order valence-corrected chi connectivity index (χ1v) is 9.92. The van der Waals surface area contributed by atoms with Crippen LogP contribution in [0.1, 0.15) is 40.8 Å². The van der Waals surface area contributed by atoms with Crippen molar-refractivity contribution in [1.29, 1.82) is 0 Å². The molecule has 1 amide bonds. The highest BCUT2D eigenvalue weighted by molar-refractivity contribution is 5.99. The highest BCUT2D eigenvalue weighted by Gasteiger charge is 2.32. The Morgan fingerprint density at radius 1 is 1.12 bits per heavy atom. The van der Waals surface area contributed by atoms with Gasteiger partial charge in [0.15, 0.2) is 5.75 Å². The number of alkyl halides is 3. The van der Waals surface area contributed by atoms with Crippen LogP contribution in [0.2, 0.25) is 0 Å². The summed E-state index contributed by atoms with van der Waals surface area (Å²) in [6.07, 6.45) is -6.01. The molecule has 8 nitrogen and oxygen atoms in total. The van der Waals surface area contributed by atoms with Crippen molar-refractivity contribution in [2.24, 2.45) is 0 Å². The average molecular weight is 465 g/mol. The van der Waals surface area contributed by atoms with Crippen molar-refractivity contribution >= 4 is 23.0 Å². The number of furan rings is 1. The minimum absolute atomic E-state index is 0.0152.